The maximum atomic E-state index is 13.2. The van der Waals surface area contributed by atoms with Gasteiger partial charge in [-0.1, -0.05) is 30.3 Å². The highest BCUT2D eigenvalue weighted by molar-refractivity contribution is 7.15. The third-order valence-corrected chi connectivity index (χ3v) is 6.90. The van der Waals surface area contributed by atoms with Gasteiger partial charge in [-0.2, -0.15) is 0 Å². The second kappa shape index (κ2) is 12.2. The van der Waals surface area contributed by atoms with E-state index >= 15 is 0 Å². The van der Waals surface area contributed by atoms with Crippen molar-refractivity contribution in [1.82, 2.24) is 0 Å². The number of ketones is 1. The highest BCUT2D eigenvalue weighted by atomic mass is 32.1. The van der Waals surface area contributed by atoms with Crippen LogP contribution in [0.25, 0.3) is 10.4 Å². The fraction of sp³-hybridized carbons (Fsp3) is 0.333. The van der Waals surface area contributed by atoms with Crippen molar-refractivity contribution in [2.45, 2.75) is 45.0 Å². The molecule has 0 saturated carbocycles. The lowest BCUT2D eigenvalue weighted by Crippen LogP contribution is -2.45. The van der Waals surface area contributed by atoms with Crippen LogP contribution >= 0.6 is 11.3 Å². The Morgan fingerprint density at radius 1 is 1.14 bits per heavy atom. The van der Waals surface area contributed by atoms with Gasteiger partial charge in [-0.25, -0.2) is 4.39 Å². The van der Waals surface area contributed by atoms with E-state index in [1.165, 1.54) is 23.9 Å². The van der Waals surface area contributed by atoms with E-state index in [-0.39, 0.29) is 12.2 Å². The third-order valence-electron chi connectivity index (χ3n) is 5.77. The monoisotopic (exact) mass is 500 g/mol. The van der Waals surface area contributed by atoms with E-state index in [1.807, 2.05) is 31.2 Å². The average molecular weight is 501 g/mol. The first-order chi connectivity index (χ1) is 16.8. The lowest BCUT2D eigenvalue weighted by molar-refractivity contribution is -0.175. The Hall–Kier alpha value is -2.91. The number of aliphatic hydroxyl groups excluding tert-OH is 2. The van der Waals surface area contributed by atoms with Gasteiger partial charge < -0.3 is 19.7 Å². The van der Waals surface area contributed by atoms with Gasteiger partial charge in [0.05, 0.1) is 12.7 Å². The van der Waals surface area contributed by atoms with Crippen LogP contribution in [0.1, 0.15) is 41.0 Å². The van der Waals surface area contributed by atoms with Crippen molar-refractivity contribution in [3.8, 4) is 10.4 Å². The summed E-state index contributed by atoms with van der Waals surface area (Å²) < 4.78 is 24.3. The van der Waals surface area contributed by atoms with E-state index in [9.17, 15) is 19.1 Å². The molecule has 1 aliphatic heterocycles. The molecule has 3 unspecified atom stereocenters. The number of hydrogen-bond acceptors (Lipinski definition) is 7. The molecule has 2 heterocycles. The molecule has 0 amide bonds. The lowest BCUT2D eigenvalue weighted by atomic mass is 9.92. The summed E-state index contributed by atoms with van der Waals surface area (Å²) in [6.45, 7) is 2.83. The molecule has 0 bridgehead atoms. The minimum atomic E-state index is -1.02. The Bertz CT molecular complexity index is 1160. The Labute approximate surface area is 208 Å². The summed E-state index contributed by atoms with van der Waals surface area (Å²) in [6.07, 6.45) is -1.49. The predicted octanol–water partition coefficient (Wildman–Crippen LogP) is 4.39. The summed E-state index contributed by atoms with van der Waals surface area (Å²) >= 11 is 1.66. The van der Waals surface area contributed by atoms with Gasteiger partial charge in [-0.3, -0.25) is 9.59 Å². The van der Waals surface area contributed by atoms with Crippen LogP contribution in [0.15, 0.2) is 54.6 Å². The van der Waals surface area contributed by atoms with E-state index in [2.05, 4.69) is 6.07 Å². The van der Waals surface area contributed by atoms with E-state index < -0.39 is 36.7 Å². The second-order valence-corrected chi connectivity index (χ2v) is 9.34. The van der Waals surface area contributed by atoms with E-state index in [1.54, 1.807) is 23.5 Å². The van der Waals surface area contributed by atoms with Crippen LogP contribution in [-0.2, 0) is 25.5 Å². The molecule has 0 aliphatic carbocycles. The fourth-order valence-corrected chi connectivity index (χ4v) is 5.04. The number of rotatable bonds is 6. The molecule has 3 aromatic rings. The van der Waals surface area contributed by atoms with Crippen LogP contribution in [0.5, 0.6) is 0 Å². The highest BCUT2D eigenvalue weighted by Gasteiger charge is 2.39. The van der Waals surface area contributed by atoms with E-state index in [0.717, 1.165) is 34.2 Å². The van der Waals surface area contributed by atoms with Crippen LogP contribution in [0.4, 0.5) is 4.39 Å². The number of thiophene rings is 1. The molecule has 0 radical (unpaired) electrons. The molecular weight excluding hydrogens is 471 g/mol. The molecule has 0 spiro atoms. The van der Waals surface area contributed by atoms with E-state index in [0.29, 0.717) is 6.42 Å². The average Bonchev–Trinajstić information content (AvgIpc) is 3.32. The first kappa shape index (κ1) is 26.7. The quantitative estimate of drug-likeness (QED) is 0.488. The summed E-state index contributed by atoms with van der Waals surface area (Å²) in [5, 5.41) is 16.6. The number of aliphatic hydroxyl groups is 2. The fourth-order valence-electron chi connectivity index (χ4n) is 4.01. The Kier molecular flexibility index (Phi) is 9.28. The molecule has 1 aromatic heterocycles. The van der Waals surface area contributed by atoms with Crippen LogP contribution in [0, 0.1) is 12.7 Å². The smallest absolute Gasteiger partial charge is 0.303 e. The first-order valence-corrected chi connectivity index (χ1v) is 12.0. The molecule has 186 valence electrons. The van der Waals surface area contributed by atoms with Crippen molar-refractivity contribution >= 4 is 23.1 Å². The summed E-state index contributed by atoms with van der Waals surface area (Å²) in [4.78, 5) is 26.1. The van der Waals surface area contributed by atoms with Crippen LogP contribution in [0.3, 0.4) is 0 Å². The first-order valence-electron chi connectivity index (χ1n) is 11.2. The SMILES string of the molecule is CC(=O)OC1CC(c2ccc(C)c(Cc3ccc(-c4ccc(F)cc4)s3)c2)OC(CO)C1=O.CO. The summed E-state index contributed by atoms with van der Waals surface area (Å²) in [7, 11) is 1.00. The number of ether oxygens (including phenoxy) is 2. The number of carbonyl (C=O) groups excluding carboxylic acids is 2. The molecule has 1 aliphatic rings. The molecule has 8 heteroatoms. The molecule has 2 N–H and O–H groups in total. The minimum absolute atomic E-state index is 0.213. The maximum Gasteiger partial charge on any atom is 0.303 e. The van der Waals surface area contributed by atoms with Crippen LogP contribution < -0.4 is 0 Å². The number of esters is 1. The standard InChI is InChI=1S/C26H25FO5S.CH4O/c1-15-3-4-18(22-13-23(31-16(2)29)26(30)24(14-28)32-22)11-19(15)12-21-9-10-25(33-21)17-5-7-20(27)8-6-17;1-2/h3-11,22-24,28H,12-14H2,1-2H3;2H,1H3. The summed E-state index contributed by atoms with van der Waals surface area (Å²) in [6, 6.07) is 16.6. The number of hydrogen-bond donors (Lipinski definition) is 2. The largest absolute Gasteiger partial charge is 0.454 e. The number of carbonyl (C=O) groups is 2. The zero-order valence-corrected chi connectivity index (χ0v) is 20.7. The minimum Gasteiger partial charge on any atom is -0.454 e. The Morgan fingerprint density at radius 2 is 1.86 bits per heavy atom. The van der Waals surface area contributed by atoms with Crippen molar-refractivity contribution in [3.05, 3.63) is 82.0 Å². The summed E-state index contributed by atoms with van der Waals surface area (Å²) in [5.41, 5.74) is 4.08. The van der Waals surface area contributed by atoms with Crippen molar-refractivity contribution < 1.29 is 33.7 Å². The van der Waals surface area contributed by atoms with Crippen molar-refractivity contribution in [2.75, 3.05) is 13.7 Å². The van der Waals surface area contributed by atoms with Gasteiger partial charge in [0, 0.05) is 36.6 Å². The molecule has 3 atom stereocenters. The molecule has 1 saturated heterocycles. The summed E-state index contributed by atoms with van der Waals surface area (Å²) in [5.74, 6) is -1.21. The Balaban J connectivity index is 0.00000167. The third kappa shape index (κ3) is 6.61. The Morgan fingerprint density at radius 3 is 2.51 bits per heavy atom. The van der Waals surface area contributed by atoms with Gasteiger partial charge >= 0.3 is 5.97 Å². The zero-order chi connectivity index (χ0) is 25.5. The normalized spacial score (nSPS) is 19.6. The molecule has 6 nitrogen and oxygen atoms in total. The molecule has 35 heavy (non-hydrogen) atoms. The molecule has 4 rings (SSSR count). The van der Waals surface area contributed by atoms with Crippen molar-refractivity contribution in [1.29, 1.82) is 0 Å². The number of benzene rings is 2. The molecule has 1 fully saturated rings. The predicted molar refractivity (Wildman–Crippen MR) is 132 cm³/mol. The van der Waals surface area contributed by atoms with Crippen LogP contribution in [-0.4, -0.2) is 47.9 Å². The zero-order valence-electron chi connectivity index (χ0n) is 19.9. The van der Waals surface area contributed by atoms with Gasteiger partial charge in [0.1, 0.15) is 11.9 Å². The molecular formula is C27H29FO6S. The number of aryl methyl sites for hydroxylation is 1. The van der Waals surface area contributed by atoms with Gasteiger partial charge in [-0.05, 0) is 53.4 Å². The molecule has 2 aromatic carbocycles. The van der Waals surface area contributed by atoms with Gasteiger partial charge in [-0.15, -0.1) is 11.3 Å². The maximum absolute atomic E-state index is 13.2. The topological polar surface area (TPSA) is 93.1 Å². The lowest BCUT2D eigenvalue weighted by Gasteiger charge is -2.33. The number of Topliss-reactive ketones (excluding diaryl/α,β-unsaturated/α-hetero) is 1. The van der Waals surface area contributed by atoms with E-state index in [4.69, 9.17) is 14.6 Å². The highest BCUT2D eigenvalue weighted by Crippen LogP contribution is 2.34. The van der Waals surface area contributed by atoms with Crippen molar-refractivity contribution in [2.24, 2.45) is 0 Å². The van der Waals surface area contributed by atoms with Gasteiger partial charge in [0.2, 0.25) is 5.78 Å². The number of halogens is 1. The van der Waals surface area contributed by atoms with Gasteiger partial charge in [0.15, 0.2) is 6.10 Å². The second-order valence-electron chi connectivity index (χ2n) is 8.17. The van der Waals surface area contributed by atoms with Crippen LogP contribution in [0.2, 0.25) is 0 Å². The van der Waals surface area contributed by atoms with Gasteiger partial charge in [0.25, 0.3) is 0 Å². The van der Waals surface area contributed by atoms with Crippen molar-refractivity contribution in [3.63, 3.8) is 0 Å².